The van der Waals surface area contributed by atoms with Crippen molar-refractivity contribution in [3.05, 3.63) is 28.4 Å². The first-order chi connectivity index (χ1) is 12.3. The zero-order chi connectivity index (χ0) is 18.7. The lowest BCUT2D eigenvalue weighted by Gasteiger charge is -2.32. The molecule has 1 amide bonds. The minimum Gasteiger partial charge on any atom is -0.378 e. The normalized spacial score (nSPS) is 22.0. The van der Waals surface area contributed by atoms with Crippen molar-refractivity contribution < 1.29 is 22.7 Å². The number of aromatic nitrogens is 2. The van der Waals surface area contributed by atoms with Crippen LogP contribution in [0.25, 0.3) is 0 Å². The van der Waals surface area contributed by atoms with Crippen LogP contribution in [0.15, 0.2) is 17.2 Å². The van der Waals surface area contributed by atoms with Crippen molar-refractivity contribution in [2.75, 3.05) is 19.7 Å². The molecule has 6 nitrogen and oxygen atoms in total. The number of piperidine rings is 1. The first kappa shape index (κ1) is 18.9. The summed E-state index contributed by atoms with van der Waals surface area (Å²) in [5, 5.41) is 0. The van der Waals surface area contributed by atoms with E-state index < -0.39 is 17.4 Å². The molecule has 0 aliphatic carbocycles. The molecule has 0 radical (unpaired) electrons. The number of hydrogen-bond acceptors (Lipinski definition) is 4. The Kier molecular flexibility index (Phi) is 5.64. The lowest BCUT2D eigenvalue weighted by atomic mass is 9.96. The molecule has 2 aliphatic rings. The molecule has 1 aromatic heterocycles. The van der Waals surface area contributed by atoms with Gasteiger partial charge in [0.25, 0.3) is 5.56 Å². The third-order valence-electron chi connectivity index (χ3n) is 5.02. The molecule has 0 aromatic carbocycles. The van der Waals surface area contributed by atoms with Crippen LogP contribution in [0.2, 0.25) is 0 Å². The Morgan fingerprint density at radius 2 is 2.00 bits per heavy atom. The van der Waals surface area contributed by atoms with Gasteiger partial charge in [-0.25, -0.2) is 4.98 Å². The third kappa shape index (κ3) is 4.63. The number of alkyl halides is 3. The summed E-state index contributed by atoms with van der Waals surface area (Å²) >= 11 is 0. The largest absolute Gasteiger partial charge is 0.433 e. The van der Waals surface area contributed by atoms with Gasteiger partial charge < -0.3 is 9.64 Å². The van der Waals surface area contributed by atoms with Gasteiger partial charge in [-0.1, -0.05) is 0 Å². The first-order valence-electron chi connectivity index (χ1n) is 8.86. The molecule has 3 heterocycles. The maximum Gasteiger partial charge on any atom is 0.433 e. The average molecular weight is 373 g/mol. The van der Waals surface area contributed by atoms with E-state index in [1.807, 2.05) is 4.90 Å². The molecule has 2 aliphatic heterocycles. The van der Waals surface area contributed by atoms with Crippen LogP contribution < -0.4 is 5.56 Å². The number of rotatable bonds is 4. The van der Waals surface area contributed by atoms with E-state index in [4.69, 9.17) is 4.74 Å². The van der Waals surface area contributed by atoms with Crippen LogP contribution in [-0.2, 0) is 22.3 Å². The molecule has 9 heteroatoms. The molecule has 26 heavy (non-hydrogen) atoms. The number of hydrogen-bond donors (Lipinski definition) is 0. The Bertz CT molecular complexity index is 690. The molecule has 0 spiro atoms. The van der Waals surface area contributed by atoms with Gasteiger partial charge in [0.15, 0.2) is 5.69 Å². The zero-order valence-corrected chi connectivity index (χ0v) is 14.4. The second-order valence-electron chi connectivity index (χ2n) is 6.93. The third-order valence-corrected chi connectivity index (χ3v) is 5.02. The minimum absolute atomic E-state index is 0.0250. The van der Waals surface area contributed by atoms with Gasteiger partial charge in [0, 0.05) is 32.3 Å². The number of ether oxygens (including phenoxy) is 1. The van der Waals surface area contributed by atoms with Crippen LogP contribution in [0, 0.1) is 5.92 Å². The fourth-order valence-electron chi connectivity index (χ4n) is 3.49. The molecule has 0 N–H and O–H groups in total. The second-order valence-corrected chi connectivity index (χ2v) is 6.93. The van der Waals surface area contributed by atoms with Crippen molar-refractivity contribution in [2.45, 2.75) is 50.9 Å². The number of amides is 1. The van der Waals surface area contributed by atoms with E-state index in [9.17, 15) is 22.8 Å². The van der Waals surface area contributed by atoms with E-state index in [-0.39, 0.29) is 17.9 Å². The van der Waals surface area contributed by atoms with Crippen LogP contribution in [0.5, 0.6) is 0 Å². The van der Waals surface area contributed by atoms with Gasteiger partial charge in [-0.2, -0.15) is 13.2 Å². The molecule has 144 valence electrons. The summed E-state index contributed by atoms with van der Waals surface area (Å²) in [5.41, 5.74) is -1.88. The number of halogens is 3. The van der Waals surface area contributed by atoms with Crippen LogP contribution in [0.3, 0.4) is 0 Å². The van der Waals surface area contributed by atoms with E-state index in [1.165, 1.54) is 4.57 Å². The highest BCUT2D eigenvalue weighted by Crippen LogP contribution is 2.26. The number of likely N-dealkylation sites (tertiary alicyclic amines) is 1. The van der Waals surface area contributed by atoms with E-state index >= 15 is 0 Å². The summed E-state index contributed by atoms with van der Waals surface area (Å²) in [6.45, 7) is 2.23. The van der Waals surface area contributed by atoms with Crippen molar-refractivity contribution in [3.8, 4) is 0 Å². The molecule has 0 bridgehead atoms. The molecule has 0 saturated carbocycles. The molecular weight excluding hydrogens is 351 g/mol. The molecule has 1 unspecified atom stereocenters. The van der Waals surface area contributed by atoms with Gasteiger partial charge in [0.1, 0.15) is 0 Å². The lowest BCUT2D eigenvalue weighted by molar-refractivity contribution is -0.141. The monoisotopic (exact) mass is 373 g/mol. The molecule has 1 aromatic rings. The number of carbonyl (C=O) groups excluding carboxylic acids is 1. The summed E-state index contributed by atoms with van der Waals surface area (Å²) in [6.07, 6.45) is 0.120. The van der Waals surface area contributed by atoms with Crippen LogP contribution in [0.1, 0.15) is 37.8 Å². The molecule has 2 fully saturated rings. The predicted octanol–water partition coefficient (Wildman–Crippen LogP) is 2.07. The van der Waals surface area contributed by atoms with Crippen molar-refractivity contribution in [1.82, 2.24) is 14.5 Å². The first-order valence-corrected chi connectivity index (χ1v) is 8.86. The highest BCUT2D eigenvalue weighted by atomic mass is 19.4. The summed E-state index contributed by atoms with van der Waals surface area (Å²) in [7, 11) is 0. The van der Waals surface area contributed by atoms with Crippen LogP contribution in [-0.4, -0.2) is 46.2 Å². The summed E-state index contributed by atoms with van der Waals surface area (Å²) in [5.74, 6) is 0.224. The number of carbonyl (C=O) groups is 1. The van der Waals surface area contributed by atoms with Crippen molar-refractivity contribution in [3.63, 3.8) is 0 Å². The van der Waals surface area contributed by atoms with Crippen molar-refractivity contribution in [2.24, 2.45) is 5.92 Å². The fourth-order valence-corrected chi connectivity index (χ4v) is 3.49. The van der Waals surface area contributed by atoms with Gasteiger partial charge in [-0.3, -0.25) is 14.2 Å². The van der Waals surface area contributed by atoms with E-state index in [1.54, 1.807) is 0 Å². The second kappa shape index (κ2) is 7.77. The summed E-state index contributed by atoms with van der Waals surface area (Å²) in [6, 6.07) is 0.528. The fraction of sp³-hybridized carbons (Fsp3) is 0.706. The maximum absolute atomic E-state index is 12.6. The predicted molar refractivity (Wildman–Crippen MR) is 86.4 cm³/mol. The lowest BCUT2D eigenvalue weighted by Crippen LogP contribution is -2.41. The van der Waals surface area contributed by atoms with Crippen molar-refractivity contribution in [1.29, 1.82) is 0 Å². The minimum atomic E-state index is -4.62. The summed E-state index contributed by atoms with van der Waals surface area (Å²) in [4.78, 5) is 29.3. The van der Waals surface area contributed by atoms with E-state index in [0.29, 0.717) is 45.0 Å². The highest BCUT2D eigenvalue weighted by molar-refractivity contribution is 5.76. The van der Waals surface area contributed by atoms with Gasteiger partial charge in [-0.05, 0) is 31.6 Å². The van der Waals surface area contributed by atoms with E-state index in [2.05, 4.69) is 4.98 Å². The highest BCUT2D eigenvalue weighted by Gasteiger charge is 2.33. The van der Waals surface area contributed by atoms with Gasteiger partial charge >= 0.3 is 6.18 Å². The topological polar surface area (TPSA) is 64.4 Å². The summed E-state index contributed by atoms with van der Waals surface area (Å²) < 4.78 is 44.4. The van der Waals surface area contributed by atoms with Crippen LogP contribution >= 0.6 is 0 Å². The quantitative estimate of drug-likeness (QED) is 0.811. The Labute approximate surface area is 149 Å². The van der Waals surface area contributed by atoms with E-state index in [0.717, 1.165) is 25.8 Å². The maximum atomic E-state index is 12.6. The van der Waals surface area contributed by atoms with Gasteiger partial charge in [0.05, 0.1) is 18.9 Å². The Morgan fingerprint density at radius 1 is 1.27 bits per heavy atom. The number of nitrogens with zero attached hydrogens (tertiary/aromatic N) is 3. The molecular formula is C17H22F3N3O3. The molecule has 1 atom stereocenters. The zero-order valence-electron chi connectivity index (χ0n) is 14.4. The van der Waals surface area contributed by atoms with Gasteiger partial charge in [0.2, 0.25) is 5.91 Å². The van der Waals surface area contributed by atoms with Crippen molar-refractivity contribution >= 4 is 5.91 Å². The SMILES string of the molecule is O=C(CC1CCCO1)N1CCC(Cn2cnc(C(F)(F)F)cc2=O)CC1. The van der Waals surface area contributed by atoms with Gasteiger partial charge in [-0.15, -0.1) is 0 Å². The average Bonchev–Trinajstić information content (AvgIpc) is 3.09. The Balaban J connectivity index is 1.51. The Hall–Kier alpha value is -1.90. The molecule has 3 rings (SSSR count). The molecule has 2 saturated heterocycles. The smallest absolute Gasteiger partial charge is 0.378 e. The Morgan fingerprint density at radius 3 is 2.58 bits per heavy atom. The van der Waals surface area contributed by atoms with Crippen LogP contribution in [0.4, 0.5) is 13.2 Å². The standard InChI is InChI=1S/C17H22F3N3O3/c18-17(19,20)14-9-16(25)23(11-21-14)10-12-3-5-22(6-4-12)15(24)8-13-2-1-7-26-13/h9,11-13H,1-8,10H2.